The predicted molar refractivity (Wildman–Crippen MR) is 73.4 cm³/mol. The molecule has 0 aliphatic carbocycles. The Labute approximate surface area is 108 Å². The van der Waals surface area contributed by atoms with Crippen LogP contribution >= 0.6 is 15.9 Å². The predicted octanol–water partition coefficient (Wildman–Crippen LogP) is 5.06. The van der Waals surface area contributed by atoms with Crippen molar-refractivity contribution in [3.63, 3.8) is 0 Å². The molecule has 16 heavy (non-hydrogen) atoms. The molecule has 0 aromatic heterocycles. The SMILES string of the molecule is CC(C)(C#N)c1cccc(Br)c1.CCCC. The van der Waals surface area contributed by atoms with Gasteiger partial charge in [0.05, 0.1) is 11.5 Å². The highest BCUT2D eigenvalue weighted by molar-refractivity contribution is 9.10. The molecule has 0 aliphatic heterocycles. The van der Waals surface area contributed by atoms with Crippen molar-refractivity contribution in [1.29, 1.82) is 5.26 Å². The number of halogens is 1. The zero-order valence-electron chi connectivity index (χ0n) is 10.5. The number of benzene rings is 1. The van der Waals surface area contributed by atoms with Crippen LogP contribution in [0.15, 0.2) is 28.7 Å². The van der Waals surface area contributed by atoms with Crippen molar-refractivity contribution in [3.8, 4) is 6.07 Å². The van der Waals surface area contributed by atoms with Crippen molar-refractivity contribution in [2.24, 2.45) is 0 Å². The van der Waals surface area contributed by atoms with Crippen LogP contribution in [0.25, 0.3) is 0 Å². The van der Waals surface area contributed by atoms with Crippen molar-refractivity contribution >= 4 is 15.9 Å². The summed E-state index contributed by atoms with van der Waals surface area (Å²) in [6, 6.07) is 10.1. The van der Waals surface area contributed by atoms with Gasteiger partial charge in [0.1, 0.15) is 0 Å². The van der Waals surface area contributed by atoms with E-state index in [1.165, 1.54) is 12.8 Å². The standard InChI is InChI=1S/C10H10BrN.C4H10/c1-10(2,7-12)8-4-3-5-9(11)6-8;1-3-4-2/h3-6H,1-2H3;3-4H2,1-2H3. The molecule has 1 aromatic carbocycles. The summed E-state index contributed by atoms with van der Waals surface area (Å²) < 4.78 is 1.02. The monoisotopic (exact) mass is 281 g/mol. The van der Waals surface area contributed by atoms with Gasteiger partial charge in [-0.3, -0.25) is 0 Å². The molecule has 1 nitrogen and oxygen atoms in total. The first-order valence-corrected chi connectivity index (χ1v) is 6.44. The van der Waals surface area contributed by atoms with Crippen molar-refractivity contribution in [2.75, 3.05) is 0 Å². The molecule has 0 atom stereocenters. The second kappa shape index (κ2) is 7.46. The average Bonchev–Trinajstić information content (AvgIpc) is 2.29. The van der Waals surface area contributed by atoms with Gasteiger partial charge in [0.15, 0.2) is 0 Å². The highest BCUT2D eigenvalue weighted by atomic mass is 79.9. The van der Waals surface area contributed by atoms with Crippen LogP contribution in [-0.4, -0.2) is 0 Å². The molecule has 1 aromatic rings. The van der Waals surface area contributed by atoms with Crippen molar-refractivity contribution in [3.05, 3.63) is 34.3 Å². The maximum atomic E-state index is 8.87. The van der Waals surface area contributed by atoms with Crippen LogP contribution < -0.4 is 0 Å². The number of nitrogens with zero attached hydrogens (tertiary/aromatic N) is 1. The molecular weight excluding hydrogens is 262 g/mol. The minimum Gasteiger partial charge on any atom is -0.197 e. The Hall–Kier alpha value is -0.810. The van der Waals surface area contributed by atoms with Crippen LogP contribution in [0, 0.1) is 11.3 Å². The number of rotatable bonds is 2. The Bertz CT molecular complexity index is 348. The summed E-state index contributed by atoms with van der Waals surface area (Å²) in [5.74, 6) is 0. The lowest BCUT2D eigenvalue weighted by Gasteiger charge is -2.15. The normalized spacial score (nSPS) is 10.0. The second-order valence-electron chi connectivity index (χ2n) is 4.25. The van der Waals surface area contributed by atoms with Crippen LogP contribution in [0.1, 0.15) is 46.1 Å². The number of hydrogen-bond donors (Lipinski definition) is 0. The molecule has 0 amide bonds. The fraction of sp³-hybridized carbons (Fsp3) is 0.500. The molecule has 0 heterocycles. The summed E-state index contributed by atoms with van der Waals surface area (Å²) in [5.41, 5.74) is 0.642. The van der Waals surface area contributed by atoms with Crippen molar-refractivity contribution < 1.29 is 0 Å². The maximum Gasteiger partial charge on any atom is 0.0766 e. The van der Waals surface area contributed by atoms with E-state index in [1.807, 2.05) is 38.1 Å². The van der Waals surface area contributed by atoms with Crippen molar-refractivity contribution in [2.45, 2.75) is 46.0 Å². The Kier molecular flexibility index (Phi) is 7.08. The van der Waals surface area contributed by atoms with Gasteiger partial charge in [0.25, 0.3) is 0 Å². The van der Waals surface area contributed by atoms with Gasteiger partial charge in [-0.05, 0) is 31.5 Å². The zero-order chi connectivity index (χ0) is 12.6. The first-order chi connectivity index (χ1) is 7.47. The molecular formula is C14H20BrN. The first-order valence-electron chi connectivity index (χ1n) is 5.65. The van der Waals surface area contributed by atoms with Crippen LogP contribution in [0.3, 0.4) is 0 Å². The third kappa shape index (κ3) is 5.32. The van der Waals surface area contributed by atoms with Crippen LogP contribution in [0.4, 0.5) is 0 Å². The lowest BCUT2D eigenvalue weighted by atomic mass is 9.87. The van der Waals surface area contributed by atoms with E-state index in [4.69, 9.17) is 5.26 Å². The molecule has 0 aliphatic rings. The Morgan fingerprint density at radius 2 is 1.81 bits per heavy atom. The molecule has 0 saturated heterocycles. The largest absolute Gasteiger partial charge is 0.197 e. The summed E-state index contributed by atoms with van der Waals surface area (Å²) in [6.07, 6.45) is 2.64. The molecule has 88 valence electrons. The van der Waals surface area contributed by atoms with E-state index in [-0.39, 0.29) is 0 Å². The molecule has 0 bridgehead atoms. The summed E-state index contributed by atoms with van der Waals surface area (Å²) in [7, 11) is 0. The quantitative estimate of drug-likeness (QED) is 0.744. The second-order valence-corrected chi connectivity index (χ2v) is 5.16. The van der Waals surface area contributed by atoms with E-state index < -0.39 is 5.41 Å². The summed E-state index contributed by atoms with van der Waals surface area (Å²) in [4.78, 5) is 0. The van der Waals surface area contributed by atoms with Gasteiger partial charge in [-0.15, -0.1) is 0 Å². The summed E-state index contributed by atoms with van der Waals surface area (Å²) in [6.45, 7) is 8.18. The van der Waals surface area contributed by atoms with Gasteiger partial charge in [0.2, 0.25) is 0 Å². The molecule has 0 saturated carbocycles. The minimum absolute atomic E-state index is 0.399. The summed E-state index contributed by atoms with van der Waals surface area (Å²) in [5, 5.41) is 8.87. The van der Waals surface area contributed by atoms with Crippen LogP contribution in [0.2, 0.25) is 0 Å². The number of unbranched alkanes of at least 4 members (excludes halogenated alkanes) is 1. The van der Waals surface area contributed by atoms with Gasteiger partial charge in [-0.1, -0.05) is 54.8 Å². The van der Waals surface area contributed by atoms with E-state index in [9.17, 15) is 0 Å². The molecule has 0 N–H and O–H groups in total. The molecule has 0 fully saturated rings. The fourth-order valence-corrected chi connectivity index (χ4v) is 1.34. The smallest absolute Gasteiger partial charge is 0.0766 e. The van der Waals surface area contributed by atoms with E-state index in [2.05, 4.69) is 35.8 Å². The lowest BCUT2D eigenvalue weighted by Crippen LogP contribution is -2.13. The highest BCUT2D eigenvalue weighted by Gasteiger charge is 2.19. The Morgan fingerprint density at radius 1 is 1.25 bits per heavy atom. The molecule has 0 unspecified atom stereocenters. The van der Waals surface area contributed by atoms with Crippen LogP contribution in [0.5, 0.6) is 0 Å². The lowest BCUT2D eigenvalue weighted by molar-refractivity contribution is 0.686. The van der Waals surface area contributed by atoms with Crippen LogP contribution in [-0.2, 0) is 5.41 Å². The molecule has 1 rings (SSSR count). The van der Waals surface area contributed by atoms with Gasteiger partial charge < -0.3 is 0 Å². The Balaban J connectivity index is 0.000000487. The molecule has 2 heteroatoms. The molecule has 0 spiro atoms. The minimum atomic E-state index is -0.399. The Morgan fingerprint density at radius 3 is 2.19 bits per heavy atom. The third-order valence-electron chi connectivity index (χ3n) is 2.33. The summed E-state index contributed by atoms with van der Waals surface area (Å²) >= 11 is 3.37. The zero-order valence-corrected chi connectivity index (χ0v) is 12.1. The van der Waals surface area contributed by atoms with Gasteiger partial charge in [-0.2, -0.15) is 5.26 Å². The molecule has 0 radical (unpaired) electrons. The van der Waals surface area contributed by atoms with E-state index in [0.717, 1.165) is 10.0 Å². The number of nitriles is 1. The first kappa shape index (κ1) is 15.2. The maximum absolute atomic E-state index is 8.87. The van der Waals surface area contributed by atoms with Gasteiger partial charge >= 0.3 is 0 Å². The van der Waals surface area contributed by atoms with Gasteiger partial charge in [-0.25, -0.2) is 0 Å². The van der Waals surface area contributed by atoms with E-state index in [0.29, 0.717) is 0 Å². The van der Waals surface area contributed by atoms with Crippen molar-refractivity contribution in [1.82, 2.24) is 0 Å². The number of hydrogen-bond acceptors (Lipinski definition) is 1. The van der Waals surface area contributed by atoms with E-state index >= 15 is 0 Å². The van der Waals surface area contributed by atoms with E-state index in [1.54, 1.807) is 0 Å². The average molecular weight is 282 g/mol. The van der Waals surface area contributed by atoms with Gasteiger partial charge in [0, 0.05) is 4.47 Å². The highest BCUT2D eigenvalue weighted by Crippen LogP contribution is 2.24. The third-order valence-corrected chi connectivity index (χ3v) is 2.82. The fourth-order valence-electron chi connectivity index (χ4n) is 0.942. The topological polar surface area (TPSA) is 23.8 Å².